The van der Waals surface area contributed by atoms with E-state index in [0.29, 0.717) is 24.5 Å². The van der Waals surface area contributed by atoms with E-state index in [1.807, 2.05) is 19.9 Å². The third-order valence-corrected chi connectivity index (χ3v) is 2.73. The van der Waals surface area contributed by atoms with Crippen molar-refractivity contribution in [1.82, 2.24) is 9.88 Å². The van der Waals surface area contributed by atoms with Gasteiger partial charge in [0.15, 0.2) is 5.69 Å². The highest BCUT2D eigenvalue weighted by atomic mass is 16.2. The van der Waals surface area contributed by atoms with E-state index in [1.165, 1.54) is 0 Å². The summed E-state index contributed by atoms with van der Waals surface area (Å²) in [6.45, 7) is 7.03. The molecule has 1 amide bonds. The van der Waals surface area contributed by atoms with E-state index in [-0.39, 0.29) is 11.9 Å². The van der Waals surface area contributed by atoms with Crippen molar-refractivity contribution in [3.8, 4) is 6.07 Å². The molecule has 0 fully saturated rings. The summed E-state index contributed by atoms with van der Waals surface area (Å²) < 4.78 is 0. The SMILES string of the molecule is CCN(CC)C(=O)C(C)Nc1cccnc1C#N. The van der Waals surface area contributed by atoms with Crippen LogP contribution in [0, 0.1) is 11.3 Å². The van der Waals surface area contributed by atoms with Crippen LogP contribution in [0.5, 0.6) is 0 Å². The van der Waals surface area contributed by atoms with Crippen LogP contribution in [0.25, 0.3) is 0 Å². The number of rotatable bonds is 5. The third kappa shape index (κ3) is 3.20. The highest BCUT2D eigenvalue weighted by molar-refractivity contribution is 5.84. The molecular formula is C13H18N4O. The molecule has 5 nitrogen and oxygen atoms in total. The average Bonchev–Trinajstić information content (AvgIpc) is 2.40. The number of carbonyl (C=O) groups excluding carboxylic acids is 1. The first-order valence-electron chi connectivity index (χ1n) is 6.04. The van der Waals surface area contributed by atoms with Gasteiger partial charge in [0.05, 0.1) is 5.69 Å². The third-order valence-electron chi connectivity index (χ3n) is 2.73. The molecule has 18 heavy (non-hydrogen) atoms. The lowest BCUT2D eigenvalue weighted by Crippen LogP contribution is -2.41. The Morgan fingerprint density at radius 1 is 1.56 bits per heavy atom. The van der Waals surface area contributed by atoms with Crippen molar-refractivity contribution in [2.75, 3.05) is 18.4 Å². The van der Waals surface area contributed by atoms with Crippen molar-refractivity contribution < 1.29 is 4.79 Å². The van der Waals surface area contributed by atoms with Crippen molar-refractivity contribution >= 4 is 11.6 Å². The number of carbonyl (C=O) groups is 1. The molecule has 0 aromatic carbocycles. The molecular weight excluding hydrogens is 228 g/mol. The zero-order valence-corrected chi connectivity index (χ0v) is 11.0. The number of amides is 1. The quantitative estimate of drug-likeness (QED) is 0.857. The number of aromatic nitrogens is 1. The van der Waals surface area contributed by atoms with E-state index in [4.69, 9.17) is 5.26 Å². The molecule has 1 unspecified atom stereocenters. The van der Waals surface area contributed by atoms with Crippen molar-refractivity contribution in [2.45, 2.75) is 26.8 Å². The fraction of sp³-hybridized carbons (Fsp3) is 0.462. The Morgan fingerprint density at radius 3 is 2.78 bits per heavy atom. The zero-order valence-electron chi connectivity index (χ0n) is 11.0. The van der Waals surface area contributed by atoms with Gasteiger partial charge in [0, 0.05) is 19.3 Å². The smallest absolute Gasteiger partial charge is 0.244 e. The number of nitrogens with zero attached hydrogens (tertiary/aromatic N) is 3. The fourth-order valence-electron chi connectivity index (χ4n) is 1.72. The molecule has 5 heteroatoms. The van der Waals surface area contributed by atoms with Gasteiger partial charge in [-0.15, -0.1) is 0 Å². The van der Waals surface area contributed by atoms with Crippen molar-refractivity contribution in [3.63, 3.8) is 0 Å². The summed E-state index contributed by atoms with van der Waals surface area (Å²) in [6.07, 6.45) is 1.56. The van der Waals surface area contributed by atoms with Crippen molar-refractivity contribution in [1.29, 1.82) is 5.26 Å². The van der Waals surface area contributed by atoms with Gasteiger partial charge in [0.25, 0.3) is 0 Å². The molecule has 1 atom stereocenters. The lowest BCUT2D eigenvalue weighted by molar-refractivity contribution is -0.131. The van der Waals surface area contributed by atoms with Gasteiger partial charge in [0.2, 0.25) is 5.91 Å². The van der Waals surface area contributed by atoms with Crippen LogP contribution in [-0.4, -0.2) is 34.9 Å². The summed E-state index contributed by atoms with van der Waals surface area (Å²) in [5.41, 5.74) is 0.893. The second-order valence-corrected chi connectivity index (χ2v) is 3.89. The number of likely N-dealkylation sites (N-methyl/N-ethyl adjacent to an activating group) is 1. The molecule has 0 aliphatic carbocycles. The second-order valence-electron chi connectivity index (χ2n) is 3.89. The Bertz CT molecular complexity index is 449. The summed E-state index contributed by atoms with van der Waals surface area (Å²) in [7, 11) is 0. The maximum absolute atomic E-state index is 12.1. The Balaban J connectivity index is 2.79. The molecule has 0 aliphatic rings. The van der Waals surface area contributed by atoms with Crippen molar-refractivity contribution in [3.05, 3.63) is 24.0 Å². The fourth-order valence-corrected chi connectivity index (χ4v) is 1.72. The van der Waals surface area contributed by atoms with Crippen LogP contribution in [0.4, 0.5) is 5.69 Å². The first-order valence-corrected chi connectivity index (χ1v) is 6.04. The first kappa shape index (κ1) is 14.0. The van der Waals surface area contributed by atoms with E-state index in [9.17, 15) is 4.79 Å². The van der Waals surface area contributed by atoms with Crippen LogP contribution in [-0.2, 0) is 4.79 Å². The van der Waals surface area contributed by atoms with Gasteiger partial charge in [-0.05, 0) is 32.9 Å². The van der Waals surface area contributed by atoms with Crippen LogP contribution in [0.1, 0.15) is 26.5 Å². The molecule has 0 radical (unpaired) electrons. The molecule has 0 aliphatic heterocycles. The molecule has 0 bridgehead atoms. The van der Waals surface area contributed by atoms with Crippen LogP contribution >= 0.6 is 0 Å². The number of pyridine rings is 1. The Labute approximate surface area is 107 Å². The minimum absolute atomic E-state index is 0.0211. The minimum atomic E-state index is -0.374. The van der Waals surface area contributed by atoms with Gasteiger partial charge >= 0.3 is 0 Å². The van der Waals surface area contributed by atoms with Crippen LogP contribution in [0.15, 0.2) is 18.3 Å². The summed E-state index contributed by atoms with van der Waals surface area (Å²) in [5.74, 6) is 0.0211. The standard InChI is InChI=1S/C13H18N4O/c1-4-17(5-2)13(18)10(3)16-11-7-6-8-15-12(11)9-14/h6-8,10,16H,4-5H2,1-3H3. The molecule has 1 N–H and O–H groups in total. The highest BCUT2D eigenvalue weighted by Crippen LogP contribution is 2.12. The van der Waals surface area contributed by atoms with Gasteiger partial charge in [-0.2, -0.15) is 5.26 Å². The molecule has 96 valence electrons. The van der Waals surface area contributed by atoms with E-state index in [2.05, 4.69) is 10.3 Å². The predicted octanol–water partition coefficient (Wildman–Crippen LogP) is 1.62. The number of anilines is 1. The van der Waals surface area contributed by atoms with E-state index in [1.54, 1.807) is 30.2 Å². The summed E-state index contributed by atoms with van der Waals surface area (Å²) in [6, 6.07) is 5.11. The highest BCUT2D eigenvalue weighted by Gasteiger charge is 2.18. The lowest BCUT2D eigenvalue weighted by atomic mass is 10.2. The molecule has 0 saturated carbocycles. The van der Waals surface area contributed by atoms with Crippen LogP contribution < -0.4 is 5.32 Å². The van der Waals surface area contributed by atoms with E-state index >= 15 is 0 Å². The molecule has 1 rings (SSSR count). The molecule has 1 aromatic rings. The topological polar surface area (TPSA) is 69.0 Å². The van der Waals surface area contributed by atoms with Gasteiger partial charge in [-0.1, -0.05) is 0 Å². The largest absolute Gasteiger partial charge is 0.372 e. The first-order chi connectivity index (χ1) is 8.63. The Kier molecular flexibility index (Phi) is 5.12. The molecule has 0 spiro atoms. The minimum Gasteiger partial charge on any atom is -0.372 e. The van der Waals surface area contributed by atoms with E-state index < -0.39 is 0 Å². The Morgan fingerprint density at radius 2 is 2.22 bits per heavy atom. The molecule has 1 heterocycles. The van der Waals surface area contributed by atoms with Crippen LogP contribution in [0.3, 0.4) is 0 Å². The molecule has 0 saturated heterocycles. The average molecular weight is 246 g/mol. The Hall–Kier alpha value is -2.09. The maximum atomic E-state index is 12.1. The van der Waals surface area contributed by atoms with Gasteiger partial charge in [-0.3, -0.25) is 4.79 Å². The van der Waals surface area contributed by atoms with Crippen molar-refractivity contribution in [2.24, 2.45) is 0 Å². The van der Waals surface area contributed by atoms with Crippen LogP contribution in [0.2, 0.25) is 0 Å². The van der Waals surface area contributed by atoms with Gasteiger partial charge in [-0.25, -0.2) is 4.98 Å². The second kappa shape index (κ2) is 6.60. The molecule has 1 aromatic heterocycles. The number of nitrogens with one attached hydrogen (secondary N) is 1. The normalized spacial score (nSPS) is 11.4. The summed E-state index contributed by atoms with van der Waals surface area (Å²) in [5, 5.41) is 12.0. The van der Waals surface area contributed by atoms with E-state index in [0.717, 1.165) is 0 Å². The van der Waals surface area contributed by atoms with Gasteiger partial charge < -0.3 is 10.2 Å². The maximum Gasteiger partial charge on any atom is 0.244 e. The number of nitriles is 1. The predicted molar refractivity (Wildman–Crippen MR) is 70.0 cm³/mol. The summed E-state index contributed by atoms with van der Waals surface area (Å²) in [4.78, 5) is 17.8. The lowest BCUT2D eigenvalue weighted by Gasteiger charge is -2.24. The number of hydrogen-bond acceptors (Lipinski definition) is 4. The monoisotopic (exact) mass is 246 g/mol. The zero-order chi connectivity index (χ0) is 13.5. The summed E-state index contributed by atoms with van der Waals surface area (Å²) >= 11 is 0. The number of hydrogen-bond donors (Lipinski definition) is 1. The van der Waals surface area contributed by atoms with Gasteiger partial charge in [0.1, 0.15) is 12.1 Å².